The summed E-state index contributed by atoms with van der Waals surface area (Å²) < 4.78 is 32.8. The third-order valence-corrected chi connectivity index (χ3v) is 2.72. The number of hydrogen-bond acceptors (Lipinski definition) is 2. The van der Waals surface area contributed by atoms with Gasteiger partial charge in [0.1, 0.15) is 5.75 Å². The van der Waals surface area contributed by atoms with Gasteiger partial charge in [0, 0.05) is 11.1 Å². The summed E-state index contributed by atoms with van der Waals surface area (Å²) >= 11 is 5.70. The lowest BCUT2D eigenvalue weighted by Crippen LogP contribution is -1.94. The molecule has 6 heteroatoms. The molecular weight excluding hydrogens is 302 g/mol. The second kappa shape index (κ2) is 6.37. The zero-order valence-corrected chi connectivity index (χ0v) is 11.3. The number of rotatable bonds is 4. The van der Waals surface area contributed by atoms with Crippen LogP contribution in [0.3, 0.4) is 0 Å². The van der Waals surface area contributed by atoms with Gasteiger partial charge < -0.3 is 9.84 Å². The van der Waals surface area contributed by atoms with Crippen LogP contribution in [0.4, 0.5) is 8.78 Å². The van der Waals surface area contributed by atoms with Crippen LogP contribution in [0.25, 0.3) is 6.08 Å². The second-order valence-electron chi connectivity index (χ2n) is 4.04. The minimum absolute atomic E-state index is 0.0795. The van der Waals surface area contributed by atoms with Crippen molar-refractivity contribution in [3.05, 3.63) is 64.7 Å². The van der Waals surface area contributed by atoms with Gasteiger partial charge >= 0.3 is 5.97 Å². The molecule has 0 saturated carbocycles. The Kier molecular flexibility index (Phi) is 4.55. The largest absolute Gasteiger partial charge is 0.478 e. The van der Waals surface area contributed by atoms with E-state index in [0.717, 1.165) is 24.3 Å². The molecule has 0 amide bonds. The Balaban J connectivity index is 2.28. The maximum absolute atomic E-state index is 13.8. The smallest absolute Gasteiger partial charge is 0.328 e. The lowest BCUT2D eigenvalue weighted by Gasteiger charge is -2.08. The van der Waals surface area contributed by atoms with Gasteiger partial charge in [-0.1, -0.05) is 11.6 Å². The monoisotopic (exact) mass is 310 g/mol. The molecule has 0 radical (unpaired) electrons. The molecule has 0 saturated heterocycles. The quantitative estimate of drug-likeness (QED) is 0.845. The topological polar surface area (TPSA) is 46.5 Å². The van der Waals surface area contributed by atoms with Gasteiger partial charge in [0.2, 0.25) is 0 Å². The Morgan fingerprint density at radius 2 is 1.71 bits per heavy atom. The fourth-order valence-electron chi connectivity index (χ4n) is 1.56. The van der Waals surface area contributed by atoms with Crippen molar-refractivity contribution in [1.29, 1.82) is 0 Å². The molecule has 0 fully saturated rings. The molecule has 0 heterocycles. The molecule has 0 atom stereocenters. The molecule has 21 heavy (non-hydrogen) atoms. The van der Waals surface area contributed by atoms with E-state index in [-0.39, 0.29) is 11.3 Å². The van der Waals surface area contributed by atoms with Gasteiger partial charge in [-0.25, -0.2) is 13.6 Å². The van der Waals surface area contributed by atoms with Gasteiger partial charge in [-0.2, -0.15) is 0 Å². The van der Waals surface area contributed by atoms with Crippen LogP contribution in [-0.4, -0.2) is 11.1 Å². The Morgan fingerprint density at radius 3 is 2.24 bits per heavy atom. The molecule has 1 N–H and O–H groups in total. The zero-order chi connectivity index (χ0) is 15.4. The van der Waals surface area contributed by atoms with Crippen molar-refractivity contribution in [1.82, 2.24) is 0 Å². The van der Waals surface area contributed by atoms with Crippen LogP contribution >= 0.6 is 11.6 Å². The van der Waals surface area contributed by atoms with E-state index < -0.39 is 23.4 Å². The van der Waals surface area contributed by atoms with Crippen LogP contribution < -0.4 is 4.74 Å². The van der Waals surface area contributed by atoms with E-state index in [1.165, 1.54) is 24.3 Å². The van der Waals surface area contributed by atoms with E-state index in [1.807, 2.05) is 0 Å². The Labute approximate surface area is 124 Å². The first-order chi connectivity index (χ1) is 9.95. The lowest BCUT2D eigenvalue weighted by molar-refractivity contribution is -0.131. The minimum Gasteiger partial charge on any atom is -0.478 e. The molecule has 0 bridgehead atoms. The molecule has 0 aliphatic rings. The fourth-order valence-corrected chi connectivity index (χ4v) is 1.69. The van der Waals surface area contributed by atoms with E-state index in [9.17, 15) is 13.6 Å². The normalized spacial score (nSPS) is 10.8. The summed E-state index contributed by atoms with van der Waals surface area (Å²) in [5.41, 5.74) is 0.0795. The van der Waals surface area contributed by atoms with Crippen molar-refractivity contribution >= 4 is 23.6 Å². The number of benzene rings is 2. The summed E-state index contributed by atoms with van der Waals surface area (Å²) in [4.78, 5) is 10.4. The number of halogens is 3. The maximum Gasteiger partial charge on any atom is 0.328 e. The number of carboxylic acid groups (broad SMARTS) is 1. The van der Waals surface area contributed by atoms with Gasteiger partial charge in [-0.15, -0.1) is 0 Å². The predicted octanol–water partition coefficient (Wildman–Crippen LogP) is 4.51. The molecule has 0 aromatic heterocycles. The SMILES string of the molecule is O=C(O)C=Cc1cc(F)c(Oc2ccc(Cl)cc2)c(F)c1. The van der Waals surface area contributed by atoms with Crippen molar-refractivity contribution in [3.63, 3.8) is 0 Å². The van der Waals surface area contributed by atoms with Crippen LogP contribution in [-0.2, 0) is 4.79 Å². The molecule has 2 rings (SSSR count). The number of aliphatic carboxylic acids is 1. The highest BCUT2D eigenvalue weighted by Crippen LogP contribution is 2.29. The highest BCUT2D eigenvalue weighted by Gasteiger charge is 2.13. The minimum atomic E-state index is -1.21. The number of ether oxygens (including phenoxy) is 1. The van der Waals surface area contributed by atoms with E-state index in [0.29, 0.717) is 5.02 Å². The van der Waals surface area contributed by atoms with Crippen molar-refractivity contribution < 1.29 is 23.4 Å². The molecule has 0 aliphatic carbocycles. The van der Waals surface area contributed by atoms with Crippen molar-refractivity contribution in [2.75, 3.05) is 0 Å². The van der Waals surface area contributed by atoms with Gasteiger partial charge in [-0.05, 0) is 48.0 Å². The Bertz CT molecular complexity index is 674. The Morgan fingerprint density at radius 1 is 1.14 bits per heavy atom. The summed E-state index contributed by atoms with van der Waals surface area (Å²) in [6.45, 7) is 0. The van der Waals surface area contributed by atoms with E-state index >= 15 is 0 Å². The number of hydrogen-bond donors (Lipinski definition) is 1. The predicted molar refractivity (Wildman–Crippen MR) is 74.6 cm³/mol. The zero-order valence-electron chi connectivity index (χ0n) is 10.5. The van der Waals surface area contributed by atoms with Crippen LogP contribution in [0.2, 0.25) is 5.02 Å². The molecule has 2 aromatic rings. The van der Waals surface area contributed by atoms with Gasteiger partial charge in [0.25, 0.3) is 0 Å². The van der Waals surface area contributed by atoms with Crippen LogP contribution in [0.15, 0.2) is 42.5 Å². The average molecular weight is 311 g/mol. The molecule has 0 unspecified atom stereocenters. The van der Waals surface area contributed by atoms with Crippen molar-refractivity contribution in [3.8, 4) is 11.5 Å². The van der Waals surface area contributed by atoms with Gasteiger partial charge in [-0.3, -0.25) is 0 Å². The average Bonchev–Trinajstić information content (AvgIpc) is 2.42. The summed E-state index contributed by atoms with van der Waals surface area (Å²) in [5.74, 6) is -3.42. The molecule has 0 aliphatic heterocycles. The first-order valence-electron chi connectivity index (χ1n) is 5.79. The van der Waals surface area contributed by atoms with E-state index in [1.54, 1.807) is 0 Å². The number of carboxylic acids is 1. The second-order valence-corrected chi connectivity index (χ2v) is 4.48. The van der Waals surface area contributed by atoms with E-state index in [4.69, 9.17) is 21.4 Å². The van der Waals surface area contributed by atoms with Crippen LogP contribution in [0.1, 0.15) is 5.56 Å². The first-order valence-corrected chi connectivity index (χ1v) is 6.17. The highest BCUT2D eigenvalue weighted by atomic mass is 35.5. The van der Waals surface area contributed by atoms with E-state index in [2.05, 4.69) is 0 Å². The van der Waals surface area contributed by atoms with Crippen molar-refractivity contribution in [2.24, 2.45) is 0 Å². The molecule has 2 aromatic carbocycles. The highest BCUT2D eigenvalue weighted by molar-refractivity contribution is 6.30. The first kappa shape index (κ1) is 15.0. The summed E-state index contributed by atoms with van der Waals surface area (Å²) in [6, 6.07) is 7.95. The standard InChI is InChI=1S/C15H9ClF2O3/c16-10-2-4-11(5-3-10)21-15-12(17)7-9(8-13(15)18)1-6-14(19)20/h1-8H,(H,19,20). The fraction of sp³-hybridized carbons (Fsp3) is 0. The summed E-state index contributed by atoms with van der Waals surface area (Å²) in [7, 11) is 0. The van der Waals surface area contributed by atoms with Gasteiger partial charge in [0.05, 0.1) is 0 Å². The van der Waals surface area contributed by atoms with Gasteiger partial charge in [0.15, 0.2) is 17.4 Å². The number of carbonyl (C=O) groups is 1. The molecular formula is C15H9ClF2O3. The molecule has 0 spiro atoms. The van der Waals surface area contributed by atoms with Crippen molar-refractivity contribution in [2.45, 2.75) is 0 Å². The maximum atomic E-state index is 13.8. The lowest BCUT2D eigenvalue weighted by atomic mass is 10.2. The van der Waals surface area contributed by atoms with Crippen LogP contribution in [0.5, 0.6) is 11.5 Å². The molecule has 108 valence electrons. The summed E-state index contributed by atoms with van der Waals surface area (Å²) in [5, 5.41) is 8.95. The molecule has 3 nitrogen and oxygen atoms in total. The Hall–Kier alpha value is -2.40. The van der Waals surface area contributed by atoms with Crippen LogP contribution in [0, 0.1) is 11.6 Å². The third-order valence-electron chi connectivity index (χ3n) is 2.47. The third kappa shape index (κ3) is 4.03. The summed E-state index contributed by atoms with van der Waals surface area (Å²) in [6.07, 6.45) is 1.87.